The molecule has 2 nitrogen and oxygen atoms in total. The normalized spacial score (nSPS) is 18.8. The molecule has 1 aliphatic carbocycles. The van der Waals surface area contributed by atoms with E-state index in [-0.39, 0.29) is 0 Å². The van der Waals surface area contributed by atoms with Crippen LogP contribution >= 0.6 is 11.3 Å². The second-order valence-electron chi connectivity index (χ2n) is 4.43. The van der Waals surface area contributed by atoms with Gasteiger partial charge >= 0.3 is 0 Å². The SMILES string of the molecule is CCNC(CC1CCC1)c1csc(C)n1. The van der Waals surface area contributed by atoms with Crippen molar-refractivity contribution in [3.05, 3.63) is 16.1 Å². The van der Waals surface area contributed by atoms with E-state index < -0.39 is 0 Å². The van der Waals surface area contributed by atoms with Gasteiger partial charge in [-0.25, -0.2) is 4.98 Å². The van der Waals surface area contributed by atoms with Gasteiger partial charge < -0.3 is 5.32 Å². The average molecular weight is 224 g/mol. The minimum Gasteiger partial charge on any atom is -0.309 e. The van der Waals surface area contributed by atoms with Gasteiger partial charge in [-0.05, 0) is 25.8 Å². The zero-order valence-corrected chi connectivity index (χ0v) is 10.4. The number of aryl methyl sites for hydroxylation is 1. The van der Waals surface area contributed by atoms with Crippen LogP contribution in [0.4, 0.5) is 0 Å². The molecule has 15 heavy (non-hydrogen) atoms. The molecular weight excluding hydrogens is 204 g/mol. The maximum absolute atomic E-state index is 4.60. The monoisotopic (exact) mass is 224 g/mol. The van der Waals surface area contributed by atoms with Crippen molar-refractivity contribution >= 4 is 11.3 Å². The summed E-state index contributed by atoms with van der Waals surface area (Å²) >= 11 is 1.76. The third-order valence-electron chi connectivity index (χ3n) is 3.24. The predicted molar refractivity (Wildman–Crippen MR) is 65.2 cm³/mol. The van der Waals surface area contributed by atoms with E-state index in [1.54, 1.807) is 11.3 Å². The van der Waals surface area contributed by atoms with Gasteiger partial charge in [-0.15, -0.1) is 11.3 Å². The van der Waals surface area contributed by atoms with Gasteiger partial charge in [0, 0.05) is 5.38 Å². The molecule has 0 aromatic carbocycles. The Bertz CT molecular complexity index is 304. The molecule has 1 atom stereocenters. The summed E-state index contributed by atoms with van der Waals surface area (Å²) in [4.78, 5) is 4.60. The average Bonchev–Trinajstić information content (AvgIpc) is 2.56. The molecule has 1 aromatic heterocycles. The van der Waals surface area contributed by atoms with Crippen LogP contribution in [0.25, 0.3) is 0 Å². The van der Waals surface area contributed by atoms with Gasteiger partial charge in [0.1, 0.15) is 0 Å². The zero-order valence-electron chi connectivity index (χ0n) is 9.62. The van der Waals surface area contributed by atoms with Gasteiger partial charge in [0.25, 0.3) is 0 Å². The number of nitrogens with zero attached hydrogens (tertiary/aromatic N) is 1. The lowest BCUT2D eigenvalue weighted by molar-refractivity contribution is 0.260. The lowest BCUT2D eigenvalue weighted by Gasteiger charge is -2.29. The molecule has 1 saturated carbocycles. The highest BCUT2D eigenvalue weighted by Crippen LogP contribution is 2.34. The molecule has 0 bridgehead atoms. The minimum absolute atomic E-state index is 0.491. The van der Waals surface area contributed by atoms with E-state index >= 15 is 0 Å². The van der Waals surface area contributed by atoms with Crippen LogP contribution in [0.1, 0.15) is 49.4 Å². The standard InChI is InChI=1S/C12H20N2S/c1-3-13-11(7-10-5-4-6-10)12-8-15-9(2)14-12/h8,10-11,13H,3-7H2,1-2H3. The summed E-state index contributed by atoms with van der Waals surface area (Å²) in [6.07, 6.45) is 5.55. The van der Waals surface area contributed by atoms with Crippen molar-refractivity contribution in [3.8, 4) is 0 Å². The van der Waals surface area contributed by atoms with Crippen LogP contribution in [0.15, 0.2) is 5.38 Å². The van der Waals surface area contributed by atoms with Crippen molar-refractivity contribution in [2.45, 2.75) is 45.6 Å². The minimum atomic E-state index is 0.491. The first kappa shape index (κ1) is 11.1. The predicted octanol–water partition coefficient (Wildman–Crippen LogP) is 3.29. The van der Waals surface area contributed by atoms with Gasteiger partial charge in [-0.1, -0.05) is 26.2 Å². The van der Waals surface area contributed by atoms with Crippen LogP contribution in [-0.2, 0) is 0 Å². The second kappa shape index (κ2) is 5.08. The first-order valence-corrected chi connectivity index (χ1v) is 6.83. The Morgan fingerprint density at radius 2 is 2.40 bits per heavy atom. The fourth-order valence-electron chi connectivity index (χ4n) is 2.16. The van der Waals surface area contributed by atoms with E-state index in [4.69, 9.17) is 0 Å². The maximum atomic E-state index is 4.60. The van der Waals surface area contributed by atoms with Crippen molar-refractivity contribution in [2.75, 3.05) is 6.54 Å². The van der Waals surface area contributed by atoms with Gasteiger partial charge in [-0.3, -0.25) is 0 Å². The number of aromatic nitrogens is 1. The molecule has 1 aromatic rings. The Morgan fingerprint density at radius 3 is 2.87 bits per heavy atom. The van der Waals surface area contributed by atoms with E-state index in [1.165, 1.54) is 36.4 Å². The lowest BCUT2D eigenvalue weighted by atomic mass is 9.80. The molecule has 1 heterocycles. The van der Waals surface area contributed by atoms with Gasteiger partial charge in [0.05, 0.1) is 16.7 Å². The summed E-state index contributed by atoms with van der Waals surface area (Å²) in [5, 5.41) is 6.95. The summed E-state index contributed by atoms with van der Waals surface area (Å²) in [5.41, 5.74) is 1.26. The van der Waals surface area contributed by atoms with Crippen LogP contribution in [0.5, 0.6) is 0 Å². The Hall–Kier alpha value is -0.410. The van der Waals surface area contributed by atoms with Crippen molar-refractivity contribution in [3.63, 3.8) is 0 Å². The van der Waals surface area contributed by atoms with E-state index in [1.807, 2.05) is 0 Å². The molecule has 1 N–H and O–H groups in total. The number of nitrogens with one attached hydrogen (secondary N) is 1. The highest BCUT2D eigenvalue weighted by atomic mass is 32.1. The third kappa shape index (κ3) is 2.79. The molecular formula is C12H20N2S. The molecule has 3 heteroatoms. The van der Waals surface area contributed by atoms with Gasteiger partial charge in [0.15, 0.2) is 0 Å². The number of rotatable bonds is 5. The molecule has 0 amide bonds. The summed E-state index contributed by atoms with van der Waals surface area (Å²) in [6.45, 7) is 5.29. The second-order valence-corrected chi connectivity index (χ2v) is 5.50. The number of hydrogen-bond donors (Lipinski definition) is 1. The fourth-order valence-corrected chi connectivity index (χ4v) is 2.82. The molecule has 84 valence electrons. The zero-order chi connectivity index (χ0) is 10.7. The van der Waals surface area contributed by atoms with E-state index in [2.05, 4.69) is 29.5 Å². The number of hydrogen-bond acceptors (Lipinski definition) is 3. The fraction of sp³-hybridized carbons (Fsp3) is 0.750. The van der Waals surface area contributed by atoms with Crippen LogP contribution in [-0.4, -0.2) is 11.5 Å². The topological polar surface area (TPSA) is 24.9 Å². The van der Waals surface area contributed by atoms with E-state index in [0.29, 0.717) is 6.04 Å². The first-order chi connectivity index (χ1) is 7.29. The van der Waals surface area contributed by atoms with Gasteiger partial charge in [0.2, 0.25) is 0 Å². The Morgan fingerprint density at radius 1 is 1.60 bits per heavy atom. The van der Waals surface area contributed by atoms with E-state index in [9.17, 15) is 0 Å². The molecule has 0 spiro atoms. The van der Waals surface area contributed by atoms with Crippen LogP contribution in [0.3, 0.4) is 0 Å². The molecule has 0 radical (unpaired) electrons. The molecule has 1 unspecified atom stereocenters. The lowest BCUT2D eigenvalue weighted by Crippen LogP contribution is -2.26. The highest BCUT2D eigenvalue weighted by Gasteiger charge is 2.23. The van der Waals surface area contributed by atoms with Crippen LogP contribution in [0.2, 0.25) is 0 Å². The van der Waals surface area contributed by atoms with Crippen molar-refractivity contribution in [1.29, 1.82) is 0 Å². The first-order valence-electron chi connectivity index (χ1n) is 5.95. The van der Waals surface area contributed by atoms with Crippen molar-refractivity contribution in [2.24, 2.45) is 5.92 Å². The summed E-state index contributed by atoms with van der Waals surface area (Å²) in [7, 11) is 0. The van der Waals surface area contributed by atoms with Crippen LogP contribution < -0.4 is 5.32 Å². The quantitative estimate of drug-likeness (QED) is 0.830. The van der Waals surface area contributed by atoms with Crippen LogP contribution in [0, 0.1) is 12.8 Å². The van der Waals surface area contributed by atoms with Gasteiger partial charge in [-0.2, -0.15) is 0 Å². The summed E-state index contributed by atoms with van der Waals surface area (Å²) < 4.78 is 0. The molecule has 0 saturated heterocycles. The smallest absolute Gasteiger partial charge is 0.0898 e. The Kier molecular flexibility index (Phi) is 3.76. The van der Waals surface area contributed by atoms with Crippen molar-refractivity contribution in [1.82, 2.24) is 10.3 Å². The van der Waals surface area contributed by atoms with E-state index in [0.717, 1.165) is 12.5 Å². The molecule has 1 fully saturated rings. The summed E-state index contributed by atoms with van der Waals surface area (Å²) in [5.74, 6) is 0.941. The summed E-state index contributed by atoms with van der Waals surface area (Å²) in [6, 6.07) is 0.491. The Labute approximate surface area is 96.1 Å². The molecule has 2 rings (SSSR count). The van der Waals surface area contributed by atoms with Crippen molar-refractivity contribution < 1.29 is 0 Å². The molecule has 1 aliphatic rings. The third-order valence-corrected chi connectivity index (χ3v) is 4.03. The largest absolute Gasteiger partial charge is 0.309 e. The Balaban J connectivity index is 1.97. The maximum Gasteiger partial charge on any atom is 0.0898 e. The highest BCUT2D eigenvalue weighted by molar-refractivity contribution is 7.09. The molecule has 0 aliphatic heterocycles. The number of thiazole rings is 1.